The van der Waals surface area contributed by atoms with E-state index in [1.165, 1.54) is 23.5 Å². The second kappa shape index (κ2) is 9.11. The molecular weight excluding hydrogens is 484 g/mol. The molecule has 6 rings (SSSR count). The van der Waals surface area contributed by atoms with Crippen LogP contribution in [0.4, 0.5) is 8.78 Å². The molecule has 2 aromatic heterocycles. The average Bonchev–Trinajstić information content (AvgIpc) is 3.52. The summed E-state index contributed by atoms with van der Waals surface area (Å²) in [6.45, 7) is 4.19. The van der Waals surface area contributed by atoms with Gasteiger partial charge in [0.1, 0.15) is 11.6 Å². The molecule has 0 aliphatic carbocycles. The van der Waals surface area contributed by atoms with E-state index in [4.69, 9.17) is 0 Å². The molecule has 2 aliphatic rings. The number of carbonyl (C=O) groups excluding carboxylic acids is 2. The fourth-order valence-electron chi connectivity index (χ4n) is 4.97. The van der Waals surface area contributed by atoms with E-state index in [-0.39, 0.29) is 11.8 Å². The molecule has 7 nitrogen and oxygen atoms in total. The smallest absolute Gasteiger partial charge is 0.282 e. The van der Waals surface area contributed by atoms with Crippen molar-refractivity contribution in [1.29, 1.82) is 0 Å². The Morgan fingerprint density at radius 1 is 0.889 bits per heavy atom. The van der Waals surface area contributed by atoms with Gasteiger partial charge in [0.05, 0.1) is 11.2 Å². The van der Waals surface area contributed by atoms with E-state index in [2.05, 4.69) is 9.88 Å². The summed E-state index contributed by atoms with van der Waals surface area (Å²) in [4.78, 5) is 35.7. The van der Waals surface area contributed by atoms with Crippen LogP contribution in [0.15, 0.2) is 60.2 Å². The minimum atomic E-state index is -0.640. The standard InChI is InChI=1S/C26H23F2N5O2S/c27-19-12-20(28)14-21(13-19)33-5-3-17-11-18(1-2-23(17)33)25(34)32-15-22(16-32)30-6-8-31(9-7-30)26(35)24-29-4-10-36-24/h1-5,10-14,22H,6-9,15-16H2. The lowest BCUT2D eigenvalue weighted by molar-refractivity contribution is 0.00854. The van der Waals surface area contributed by atoms with Gasteiger partial charge in [-0.05, 0) is 36.4 Å². The van der Waals surface area contributed by atoms with E-state index >= 15 is 0 Å². The van der Waals surface area contributed by atoms with Gasteiger partial charge < -0.3 is 14.4 Å². The highest BCUT2D eigenvalue weighted by Crippen LogP contribution is 2.25. The van der Waals surface area contributed by atoms with Crippen LogP contribution in [0, 0.1) is 11.6 Å². The van der Waals surface area contributed by atoms with Crippen LogP contribution in [0.3, 0.4) is 0 Å². The zero-order chi connectivity index (χ0) is 24.8. The topological polar surface area (TPSA) is 61.7 Å². The number of thiazole rings is 1. The number of hydrogen-bond donors (Lipinski definition) is 0. The van der Waals surface area contributed by atoms with E-state index in [0.717, 1.165) is 30.1 Å². The first-order valence-corrected chi connectivity index (χ1v) is 12.6. The number of carbonyl (C=O) groups is 2. The number of nitrogens with zero attached hydrogens (tertiary/aromatic N) is 5. The van der Waals surface area contributed by atoms with Gasteiger partial charge in [0, 0.05) is 80.1 Å². The Morgan fingerprint density at radius 2 is 1.64 bits per heavy atom. The molecule has 4 aromatic rings. The molecule has 2 aliphatic heterocycles. The van der Waals surface area contributed by atoms with Crippen molar-refractivity contribution in [3.63, 3.8) is 0 Å². The average molecular weight is 508 g/mol. The van der Waals surface area contributed by atoms with Crippen LogP contribution >= 0.6 is 11.3 Å². The summed E-state index contributed by atoms with van der Waals surface area (Å²) in [7, 11) is 0. The van der Waals surface area contributed by atoms with E-state index in [1.807, 2.05) is 27.3 Å². The fraction of sp³-hybridized carbons (Fsp3) is 0.269. The van der Waals surface area contributed by atoms with Gasteiger partial charge in [-0.1, -0.05) is 0 Å². The summed E-state index contributed by atoms with van der Waals surface area (Å²) in [5.74, 6) is -1.32. The van der Waals surface area contributed by atoms with Crippen LogP contribution in [0.1, 0.15) is 20.2 Å². The summed E-state index contributed by atoms with van der Waals surface area (Å²) in [5, 5.41) is 3.16. The normalized spacial score (nSPS) is 16.9. The third kappa shape index (κ3) is 4.16. The van der Waals surface area contributed by atoms with Crippen molar-refractivity contribution >= 4 is 34.1 Å². The first-order chi connectivity index (χ1) is 17.5. The van der Waals surface area contributed by atoms with Gasteiger partial charge in [-0.3, -0.25) is 14.5 Å². The van der Waals surface area contributed by atoms with Gasteiger partial charge in [0.15, 0.2) is 5.01 Å². The maximum Gasteiger partial charge on any atom is 0.282 e. The molecule has 0 bridgehead atoms. The van der Waals surface area contributed by atoms with Crippen LogP contribution < -0.4 is 0 Å². The van der Waals surface area contributed by atoms with Gasteiger partial charge in [-0.2, -0.15) is 0 Å². The number of likely N-dealkylation sites (tertiary alicyclic amines) is 1. The molecule has 0 N–H and O–H groups in total. The maximum absolute atomic E-state index is 13.7. The monoisotopic (exact) mass is 507 g/mol. The van der Waals surface area contributed by atoms with Gasteiger partial charge in [-0.25, -0.2) is 13.8 Å². The first-order valence-electron chi connectivity index (χ1n) is 11.8. The number of aromatic nitrogens is 2. The van der Waals surface area contributed by atoms with Crippen molar-refractivity contribution in [2.24, 2.45) is 0 Å². The Labute approximate surface area is 210 Å². The van der Waals surface area contributed by atoms with Crippen molar-refractivity contribution in [2.45, 2.75) is 6.04 Å². The van der Waals surface area contributed by atoms with Crippen LogP contribution in [0.2, 0.25) is 0 Å². The van der Waals surface area contributed by atoms with Crippen molar-refractivity contribution in [1.82, 2.24) is 24.3 Å². The van der Waals surface area contributed by atoms with Crippen molar-refractivity contribution in [3.05, 3.63) is 82.4 Å². The first kappa shape index (κ1) is 22.8. The molecule has 2 amide bonds. The second-order valence-corrected chi connectivity index (χ2v) is 10.0. The molecule has 0 unspecified atom stereocenters. The largest absolute Gasteiger partial charge is 0.335 e. The third-order valence-electron chi connectivity index (χ3n) is 6.95. The number of halogens is 2. The zero-order valence-electron chi connectivity index (χ0n) is 19.3. The summed E-state index contributed by atoms with van der Waals surface area (Å²) in [6.07, 6.45) is 3.39. The lowest BCUT2D eigenvalue weighted by Crippen LogP contribution is -2.64. The zero-order valence-corrected chi connectivity index (χ0v) is 20.1. The predicted molar refractivity (Wildman–Crippen MR) is 132 cm³/mol. The van der Waals surface area contributed by atoms with Gasteiger partial charge in [-0.15, -0.1) is 11.3 Å². The van der Waals surface area contributed by atoms with Gasteiger partial charge in [0.25, 0.3) is 11.8 Å². The molecule has 0 spiro atoms. The molecule has 2 aromatic carbocycles. The highest BCUT2D eigenvalue weighted by molar-refractivity contribution is 7.11. The van der Waals surface area contributed by atoms with E-state index in [1.54, 1.807) is 29.1 Å². The van der Waals surface area contributed by atoms with Crippen molar-refractivity contribution < 1.29 is 18.4 Å². The number of benzene rings is 2. The SMILES string of the molecule is O=C(c1ccc2c(ccn2-c2cc(F)cc(F)c2)c1)N1CC(N2CCN(C(=O)c3nccs3)CC2)C1. The Hall–Kier alpha value is -3.63. The predicted octanol–water partition coefficient (Wildman–Crippen LogP) is 3.65. The molecule has 0 radical (unpaired) electrons. The number of piperazine rings is 1. The molecule has 4 heterocycles. The van der Waals surface area contributed by atoms with E-state index in [0.29, 0.717) is 48.5 Å². The van der Waals surface area contributed by atoms with Crippen molar-refractivity contribution in [2.75, 3.05) is 39.3 Å². The van der Waals surface area contributed by atoms with E-state index < -0.39 is 11.6 Å². The Bertz CT molecular complexity index is 1420. The summed E-state index contributed by atoms with van der Waals surface area (Å²) >= 11 is 1.36. The second-order valence-electron chi connectivity index (χ2n) is 9.12. The molecule has 0 atom stereocenters. The fourth-order valence-corrected chi connectivity index (χ4v) is 5.57. The molecule has 184 valence electrons. The summed E-state index contributed by atoms with van der Waals surface area (Å²) < 4.78 is 29.1. The van der Waals surface area contributed by atoms with Gasteiger partial charge >= 0.3 is 0 Å². The quantitative estimate of drug-likeness (QED) is 0.423. The highest BCUT2D eigenvalue weighted by atomic mass is 32.1. The molecule has 10 heteroatoms. The van der Waals surface area contributed by atoms with Crippen LogP contribution in [-0.2, 0) is 0 Å². The van der Waals surface area contributed by atoms with Crippen molar-refractivity contribution in [3.8, 4) is 5.69 Å². The van der Waals surface area contributed by atoms with Crippen LogP contribution in [-0.4, -0.2) is 81.4 Å². The Morgan fingerprint density at radius 3 is 2.33 bits per heavy atom. The number of amides is 2. The van der Waals surface area contributed by atoms with E-state index in [9.17, 15) is 18.4 Å². The van der Waals surface area contributed by atoms with Gasteiger partial charge in [0.2, 0.25) is 0 Å². The lowest BCUT2D eigenvalue weighted by Gasteiger charge is -2.48. The number of fused-ring (bicyclic) bond motifs is 1. The Balaban J connectivity index is 1.07. The minimum absolute atomic E-state index is 0.0122. The Kier molecular flexibility index (Phi) is 5.77. The summed E-state index contributed by atoms with van der Waals surface area (Å²) in [5.41, 5.74) is 1.74. The molecule has 36 heavy (non-hydrogen) atoms. The summed E-state index contributed by atoms with van der Waals surface area (Å²) in [6, 6.07) is 10.9. The molecule has 0 saturated carbocycles. The maximum atomic E-state index is 13.7. The molecule has 2 fully saturated rings. The van der Waals surface area contributed by atoms with Crippen LogP contribution in [0.5, 0.6) is 0 Å². The lowest BCUT2D eigenvalue weighted by atomic mass is 10.0. The minimum Gasteiger partial charge on any atom is -0.335 e. The number of hydrogen-bond acceptors (Lipinski definition) is 5. The highest BCUT2D eigenvalue weighted by Gasteiger charge is 2.37. The van der Waals surface area contributed by atoms with Crippen LogP contribution in [0.25, 0.3) is 16.6 Å². The third-order valence-corrected chi connectivity index (χ3v) is 7.71. The molecular formula is C26H23F2N5O2S. The molecule has 2 saturated heterocycles. The number of rotatable bonds is 4.